The average molecular weight is 329 g/mol. The third kappa shape index (κ3) is 2.97. The molecule has 1 amide bonds. The number of carbonyl (C=O) groups is 1. The van der Waals surface area contributed by atoms with Crippen molar-refractivity contribution in [1.82, 2.24) is 5.32 Å². The van der Waals surface area contributed by atoms with Crippen LogP contribution in [0.25, 0.3) is 11.0 Å². The Labute approximate surface area is 139 Å². The molecule has 3 aromatic rings. The molecule has 0 bridgehead atoms. The summed E-state index contributed by atoms with van der Waals surface area (Å²) >= 11 is 1.74. The van der Waals surface area contributed by atoms with Gasteiger partial charge in [-0.25, -0.2) is 0 Å². The quantitative estimate of drug-likeness (QED) is 0.760. The van der Waals surface area contributed by atoms with E-state index < -0.39 is 0 Å². The molecule has 1 unspecified atom stereocenters. The van der Waals surface area contributed by atoms with Crippen LogP contribution in [-0.2, 0) is 0 Å². The lowest BCUT2D eigenvalue weighted by Crippen LogP contribution is -2.26. The van der Waals surface area contributed by atoms with Gasteiger partial charge in [0.1, 0.15) is 0 Å². The predicted molar refractivity (Wildman–Crippen MR) is 92.4 cm³/mol. The summed E-state index contributed by atoms with van der Waals surface area (Å²) in [5.74, 6) is 0.693. The van der Waals surface area contributed by atoms with Crippen LogP contribution in [-0.4, -0.2) is 13.0 Å². The summed E-state index contributed by atoms with van der Waals surface area (Å²) in [6, 6.07) is 9.38. The van der Waals surface area contributed by atoms with Crippen molar-refractivity contribution in [1.29, 1.82) is 0 Å². The monoisotopic (exact) mass is 329 g/mol. The lowest BCUT2D eigenvalue weighted by Gasteiger charge is -2.12. The van der Waals surface area contributed by atoms with Crippen molar-refractivity contribution in [3.63, 3.8) is 0 Å². The van der Waals surface area contributed by atoms with Crippen LogP contribution >= 0.6 is 11.3 Å². The second-order valence-electron chi connectivity index (χ2n) is 5.55. The van der Waals surface area contributed by atoms with Gasteiger partial charge in [0.25, 0.3) is 5.91 Å². The van der Waals surface area contributed by atoms with Gasteiger partial charge in [-0.05, 0) is 44.5 Å². The molecule has 0 aliphatic heterocycles. The number of hydrogen-bond acceptors (Lipinski definition) is 4. The van der Waals surface area contributed by atoms with Crippen molar-refractivity contribution in [2.45, 2.75) is 26.8 Å². The second-order valence-corrected chi connectivity index (χ2v) is 7.01. The SMILES string of the molecule is COc1cccc2cc(C(=O)NC(C)c3cc(C)sc3C)oc12. The highest BCUT2D eigenvalue weighted by atomic mass is 32.1. The maximum absolute atomic E-state index is 12.5. The molecule has 5 heteroatoms. The van der Waals surface area contributed by atoms with Gasteiger partial charge in [-0.15, -0.1) is 11.3 Å². The molecule has 0 fully saturated rings. The van der Waals surface area contributed by atoms with Crippen LogP contribution in [0.3, 0.4) is 0 Å². The van der Waals surface area contributed by atoms with Gasteiger partial charge in [-0.1, -0.05) is 12.1 Å². The Morgan fingerprint density at radius 3 is 2.74 bits per heavy atom. The number of hydrogen-bond donors (Lipinski definition) is 1. The van der Waals surface area contributed by atoms with Gasteiger partial charge in [-0.3, -0.25) is 4.79 Å². The van der Waals surface area contributed by atoms with Crippen LogP contribution in [0.2, 0.25) is 0 Å². The Hall–Kier alpha value is -2.27. The normalized spacial score (nSPS) is 12.3. The molecule has 2 heterocycles. The third-order valence-corrected chi connectivity index (χ3v) is 4.83. The number of carbonyl (C=O) groups excluding carboxylic acids is 1. The van der Waals surface area contributed by atoms with E-state index in [0.29, 0.717) is 17.1 Å². The van der Waals surface area contributed by atoms with Crippen molar-refractivity contribution in [2.75, 3.05) is 7.11 Å². The standard InChI is InChI=1S/C18H19NO3S/c1-10-8-14(12(3)23-10)11(2)19-18(20)16-9-13-6-5-7-15(21-4)17(13)22-16/h5-9,11H,1-4H3,(H,19,20). The zero-order chi connectivity index (χ0) is 16.6. The number of aryl methyl sites for hydroxylation is 2. The molecule has 0 saturated carbocycles. The fourth-order valence-corrected chi connectivity index (χ4v) is 3.76. The van der Waals surface area contributed by atoms with Crippen LogP contribution in [0.15, 0.2) is 34.7 Å². The molecule has 23 heavy (non-hydrogen) atoms. The number of benzene rings is 1. The van der Waals surface area contributed by atoms with Gasteiger partial charge >= 0.3 is 0 Å². The minimum atomic E-state index is -0.223. The number of furan rings is 1. The number of nitrogens with one attached hydrogen (secondary N) is 1. The van der Waals surface area contributed by atoms with E-state index in [4.69, 9.17) is 9.15 Å². The zero-order valence-corrected chi connectivity index (χ0v) is 14.4. The van der Waals surface area contributed by atoms with E-state index in [9.17, 15) is 4.79 Å². The first-order chi connectivity index (χ1) is 11.0. The van der Waals surface area contributed by atoms with Crippen LogP contribution in [0, 0.1) is 13.8 Å². The first kappa shape index (κ1) is 15.6. The van der Waals surface area contributed by atoms with Crippen molar-refractivity contribution in [3.8, 4) is 5.75 Å². The fraction of sp³-hybridized carbons (Fsp3) is 0.278. The summed E-state index contributed by atoms with van der Waals surface area (Å²) in [5, 5.41) is 3.85. The highest BCUT2D eigenvalue weighted by Crippen LogP contribution is 2.29. The second kappa shape index (κ2) is 6.08. The van der Waals surface area contributed by atoms with E-state index >= 15 is 0 Å². The van der Waals surface area contributed by atoms with Crippen molar-refractivity contribution < 1.29 is 13.9 Å². The molecule has 3 rings (SSSR count). The van der Waals surface area contributed by atoms with Gasteiger partial charge in [0.15, 0.2) is 17.1 Å². The number of thiophene rings is 1. The highest BCUT2D eigenvalue weighted by Gasteiger charge is 2.19. The molecule has 0 saturated heterocycles. The Kier molecular flexibility index (Phi) is 4.13. The van der Waals surface area contributed by atoms with Gasteiger partial charge in [-0.2, -0.15) is 0 Å². The van der Waals surface area contributed by atoms with Crippen molar-refractivity contribution in [3.05, 3.63) is 51.4 Å². The topological polar surface area (TPSA) is 51.5 Å². The van der Waals surface area contributed by atoms with Gasteiger partial charge in [0, 0.05) is 15.1 Å². The van der Waals surface area contributed by atoms with E-state index in [0.717, 1.165) is 10.9 Å². The predicted octanol–water partition coefficient (Wildman–Crippen LogP) is 4.61. The molecule has 120 valence electrons. The summed E-state index contributed by atoms with van der Waals surface area (Å²) in [6.07, 6.45) is 0. The Morgan fingerprint density at radius 1 is 1.30 bits per heavy atom. The number of rotatable bonds is 4. The number of fused-ring (bicyclic) bond motifs is 1. The van der Waals surface area contributed by atoms with E-state index in [1.807, 2.05) is 25.1 Å². The molecular weight excluding hydrogens is 310 g/mol. The van der Waals surface area contributed by atoms with Crippen LogP contribution in [0.5, 0.6) is 5.75 Å². The maximum atomic E-state index is 12.5. The minimum absolute atomic E-state index is 0.0671. The molecule has 1 atom stereocenters. The van der Waals surface area contributed by atoms with Gasteiger partial charge < -0.3 is 14.5 Å². The molecular formula is C18H19NO3S. The summed E-state index contributed by atoms with van der Waals surface area (Å²) in [5.41, 5.74) is 1.74. The molecule has 0 spiro atoms. The first-order valence-electron chi connectivity index (χ1n) is 7.44. The van der Waals surface area contributed by atoms with Gasteiger partial charge in [0.2, 0.25) is 0 Å². The lowest BCUT2D eigenvalue weighted by molar-refractivity contribution is 0.0914. The summed E-state index contributed by atoms with van der Waals surface area (Å²) < 4.78 is 11.0. The number of methoxy groups -OCH3 is 1. The van der Waals surface area contributed by atoms with Crippen LogP contribution in [0.4, 0.5) is 0 Å². The summed E-state index contributed by atoms with van der Waals surface area (Å²) in [4.78, 5) is 14.9. The van der Waals surface area contributed by atoms with Crippen molar-refractivity contribution >= 4 is 28.2 Å². The van der Waals surface area contributed by atoms with Crippen LogP contribution < -0.4 is 10.1 Å². The number of amides is 1. The molecule has 0 aliphatic rings. The first-order valence-corrected chi connectivity index (χ1v) is 8.25. The Bertz CT molecular complexity index is 862. The largest absolute Gasteiger partial charge is 0.493 e. The average Bonchev–Trinajstić information content (AvgIpc) is 3.09. The smallest absolute Gasteiger partial charge is 0.287 e. The molecule has 4 nitrogen and oxygen atoms in total. The van der Waals surface area contributed by atoms with E-state index in [2.05, 4.69) is 25.2 Å². The number of para-hydroxylation sites is 1. The van der Waals surface area contributed by atoms with E-state index in [1.54, 1.807) is 24.5 Å². The number of ether oxygens (including phenoxy) is 1. The molecule has 0 radical (unpaired) electrons. The van der Waals surface area contributed by atoms with E-state index in [1.165, 1.54) is 9.75 Å². The van der Waals surface area contributed by atoms with Gasteiger partial charge in [0.05, 0.1) is 13.2 Å². The summed E-state index contributed by atoms with van der Waals surface area (Å²) in [7, 11) is 1.58. The molecule has 1 N–H and O–H groups in total. The minimum Gasteiger partial charge on any atom is -0.493 e. The Morgan fingerprint density at radius 2 is 2.09 bits per heavy atom. The highest BCUT2D eigenvalue weighted by molar-refractivity contribution is 7.12. The third-order valence-electron chi connectivity index (χ3n) is 3.85. The molecule has 2 aromatic heterocycles. The molecule has 1 aromatic carbocycles. The zero-order valence-electron chi connectivity index (χ0n) is 13.6. The summed E-state index contributed by atoms with van der Waals surface area (Å²) in [6.45, 7) is 6.12. The van der Waals surface area contributed by atoms with Crippen molar-refractivity contribution in [2.24, 2.45) is 0 Å². The fourth-order valence-electron chi connectivity index (χ4n) is 2.73. The molecule has 0 aliphatic carbocycles. The lowest BCUT2D eigenvalue weighted by atomic mass is 10.1. The van der Waals surface area contributed by atoms with E-state index in [-0.39, 0.29) is 11.9 Å². The van der Waals surface area contributed by atoms with Crippen LogP contribution in [0.1, 0.15) is 38.8 Å². The Balaban J connectivity index is 1.84. The maximum Gasteiger partial charge on any atom is 0.287 e.